The zero-order valence-corrected chi connectivity index (χ0v) is 12.5. The first-order valence-corrected chi connectivity index (χ1v) is 6.28. The first-order chi connectivity index (χ1) is 8.28. The summed E-state index contributed by atoms with van der Waals surface area (Å²) in [6.07, 6.45) is 0.992. The number of rotatable bonds is 9. The second kappa shape index (κ2) is 8.25. The van der Waals surface area contributed by atoms with Crippen molar-refractivity contribution < 1.29 is 14.4 Å². The minimum atomic E-state index is -0.316. The van der Waals surface area contributed by atoms with Crippen LogP contribution < -0.4 is 11.0 Å². The first kappa shape index (κ1) is 17.1. The molecule has 0 aromatic carbocycles. The van der Waals surface area contributed by atoms with Crippen LogP contribution in [-0.2, 0) is 14.4 Å². The summed E-state index contributed by atoms with van der Waals surface area (Å²) in [6.45, 7) is 13.9. The van der Waals surface area contributed by atoms with E-state index in [2.05, 4.69) is 54.2 Å². The van der Waals surface area contributed by atoms with E-state index in [1.165, 1.54) is 0 Å². The number of allylic oxidation sites excluding steroid dienone is 1. The van der Waals surface area contributed by atoms with Crippen LogP contribution >= 0.6 is 9.24 Å². The third-order valence-corrected chi connectivity index (χ3v) is 2.73. The van der Waals surface area contributed by atoms with E-state index in [-0.39, 0.29) is 17.9 Å². The molecule has 104 valence electrons. The highest BCUT2D eigenvalue weighted by Gasteiger charge is 2.15. The number of ether oxygens (including phenoxy) is 1. The topological polar surface area (TPSA) is 59.6 Å². The smallest absolute Gasteiger partial charge is 0.262 e. The number of hydrogen-bond acceptors (Lipinski definition) is 4. The van der Waals surface area contributed by atoms with Crippen molar-refractivity contribution in [3.05, 3.63) is 24.2 Å². The summed E-state index contributed by atoms with van der Waals surface area (Å²) >= 11 is 0. The van der Waals surface area contributed by atoms with Crippen molar-refractivity contribution >= 4 is 15.1 Å². The van der Waals surface area contributed by atoms with Crippen LogP contribution in [0.5, 0.6) is 0 Å². The third-order valence-electron chi connectivity index (χ3n) is 2.41. The summed E-state index contributed by atoms with van der Waals surface area (Å²) in [5, 5.41) is 0.595. The van der Waals surface area contributed by atoms with Gasteiger partial charge < -0.3 is 9.57 Å². The third kappa shape index (κ3) is 8.23. The van der Waals surface area contributed by atoms with Gasteiger partial charge in [0.1, 0.15) is 12.4 Å². The number of hydrazine groups is 1. The number of nitrogens with one attached hydrogen (secondary N) is 2. The summed E-state index contributed by atoms with van der Waals surface area (Å²) in [5.74, 6) is 0.0115. The molecule has 1 amide bonds. The molecule has 0 aliphatic rings. The summed E-state index contributed by atoms with van der Waals surface area (Å²) in [6, 6.07) is 0. The molecule has 0 aromatic heterocycles. The van der Waals surface area contributed by atoms with E-state index >= 15 is 0 Å². The Labute approximate surface area is 111 Å². The molecule has 0 heterocycles. The van der Waals surface area contributed by atoms with Crippen LogP contribution in [-0.4, -0.2) is 19.1 Å². The average Bonchev–Trinajstić information content (AvgIpc) is 2.28. The Bertz CT molecular complexity index is 316. The minimum absolute atomic E-state index is 0.0198. The van der Waals surface area contributed by atoms with Crippen molar-refractivity contribution in [2.45, 2.75) is 27.2 Å². The van der Waals surface area contributed by atoms with Crippen molar-refractivity contribution in [1.82, 2.24) is 11.0 Å². The van der Waals surface area contributed by atoms with Crippen LogP contribution in [0.3, 0.4) is 0 Å². The first-order valence-electron chi connectivity index (χ1n) is 5.70. The molecule has 18 heavy (non-hydrogen) atoms. The molecule has 0 saturated heterocycles. The van der Waals surface area contributed by atoms with Crippen molar-refractivity contribution in [3.63, 3.8) is 0 Å². The predicted molar refractivity (Wildman–Crippen MR) is 75.2 cm³/mol. The molecule has 1 unspecified atom stereocenters. The maximum atomic E-state index is 11.3. The summed E-state index contributed by atoms with van der Waals surface area (Å²) in [5.41, 5.74) is 4.68. The van der Waals surface area contributed by atoms with Crippen LogP contribution in [0.2, 0.25) is 0 Å². The Hall–Kier alpha value is -0.900. The second-order valence-corrected chi connectivity index (χ2v) is 5.41. The molecular weight excluding hydrogens is 251 g/mol. The van der Waals surface area contributed by atoms with E-state index in [4.69, 9.17) is 9.57 Å². The molecule has 0 aliphatic carbocycles. The zero-order chi connectivity index (χ0) is 14.2. The van der Waals surface area contributed by atoms with E-state index in [0.717, 1.165) is 6.42 Å². The summed E-state index contributed by atoms with van der Waals surface area (Å²) in [7, 11) is 2.34. The highest BCUT2D eigenvalue weighted by molar-refractivity contribution is 7.22. The van der Waals surface area contributed by atoms with E-state index in [9.17, 15) is 4.79 Å². The lowest BCUT2D eigenvalue weighted by Gasteiger charge is -2.21. The predicted octanol–water partition coefficient (Wildman–Crippen LogP) is 1.89. The van der Waals surface area contributed by atoms with Gasteiger partial charge in [-0.05, 0) is 11.8 Å². The van der Waals surface area contributed by atoms with Gasteiger partial charge in [0.05, 0.1) is 6.61 Å². The van der Waals surface area contributed by atoms with Gasteiger partial charge >= 0.3 is 0 Å². The van der Waals surface area contributed by atoms with Crippen molar-refractivity contribution in [2.75, 3.05) is 13.2 Å². The fraction of sp³-hybridized carbons (Fsp3) is 0.583. The fourth-order valence-electron chi connectivity index (χ4n) is 0.768. The van der Waals surface area contributed by atoms with E-state index < -0.39 is 0 Å². The van der Waals surface area contributed by atoms with E-state index in [1.807, 2.05) is 0 Å². The maximum absolute atomic E-state index is 11.3. The molecule has 0 saturated carbocycles. The molecule has 0 spiro atoms. The molecular formula is C12H23N2O3P. The van der Waals surface area contributed by atoms with Crippen LogP contribution in [0.15, 0.2) is 24.2 Å². The van der Waals surface area contributed by atoms with Gasteiger partial charge in [0.2, 0.25) is 0 Å². The zero-order valence-electron chi connectivity index (χ0n) is 11.3. The molecule has 1 atom stereocenters. The largest absolute Gasteiger partial charge is 0.389 e. The maximum Gasteiger partial charge on any atom is 0.262 e. The molecule has 0 aliphatic heterocycles. The van der Waals surface area contributed by atoms with E-state index in [1.54, 1.807) is 0 Å². The fourth-order valence-corrected chi connectivity index (χ4v) is 0.827. The van der Waals surface area contributed by atoms with Gasteiger partial charge in [-0.2, -0.15) is 0 Å². The molecule has 0 radical (unpaired) electrons. The van der Waals surface area contributed by atoms with Gasteiger partial charge in [0.25, 0.3) is 5.91 Å². The molecule has 0 bridgehead atoms. The van der Waals surface area contributed by atoms with Gasteiger partial charge in [-0.15, -0.1) is 9.24 Å². The molecule has 0 rings (SSSR count). The SMILES string of the molecule is C=C(P)C(=C)ONNC(=O)COCC(C)(C)CC. The van der Waals surface area contributed by atoms with Gasteiger partial charge in [-0.3, -0.25) is 10.2 Å². The van der Waals surface area contributed by atoms with Gasteiger partial charge in [-0.25, -0.2) is 0 Å². The summed E-state index contributed by atoms with van der Waals surface area (Å²) in [4.78, 5) is 16.2. The Morgan fingerprint density at radius 2 is 2.00 bits per heavy atom. The summed E-state index contributed by atoms with van der Waals surface area (Å²) < 4.78 is 5.30. The lowest BCUT2D eigenvalue weighted by molar-refractivity contribution is -0.131. The Morgan fingerprint density at radius 3 is 2.50 bits per heavy atom. The van der Waals surface area contributed by atoms with Crippen LogP contribution in [0, 0.1) is 5.41 Å². The van der Waals surface area contributed by atoms with Crippen LogP contribution in [0.4, 0.5) is 0 Å². The van der Waals surface area contributed by atoms with Gasteiger partial charge in [-0.1, -0.05) is 39.5 Å². The molecule has 2 N–H and O–H groups in total. The lowest BCUT2D eigenvalue weighted by atomic mass is 9.92. The van der Waals surface area contributed by atoms with Crippen LogP contribution in [0.1, 0.15) is 27.2 Å². The molecule has 6 heteroatoms. The normalized spacial score (nSPS) is 10.9. The molecule has 5 nitrogen and oxygen atoms in total. The quantitative estimate of drug-likeness (QED) is 0.292. The average molecular weight is 274 g/mol. The highest BCUT2D eigenvalue weighted by Crippen LogP contribution is 2.19. The minimum Gasteiger partial charge on any atom is -0.389 e. The number of hydrogen-bond donors (Lipinski definition) is 2. The Balaban J connectivity index is 3.67. The van der Waals surface area contributed by atoms with Gasteiger partial charge in [0.15, 0.2) is 0 Å². The Kier molecular flexibility index (Phi) is 7.83. The Morgan fingerprint density at radius 1 is 1.39 bits per heavy atom. The number of carbonyl (C=O) groups is 1. The monoisotopic (exact) mass is 274 g/mol. The number of carbonyl (C=O) groups excluding carboxylic acids is 1. The van der Waals surface area contributed by atoms with Crippen LogP contribution in [0.25, 0.3) is 0 Å². The van der Waals surface area contributed by atoms with Crippen molar-refractivity contribution in [3.8, 4) is 0 Å². The van der Waals surface area contributed by atoms with E-state index in [0.29, 0.717) is 17.7 Å². The van der Waals surface area contributed by atoms with Crippen molar-refractivity contribution in [1.29, 1.82) is 0 Å². The van der Waals surface area contributed by atoms with Crippen molar-refractivity contribution in [2.24, 2.45) is 5.41 Å². The highest BCUT2D eigenvalue weighted by atomic mass is 31.0. The number of amides is 1. The standard InChI is InChI=1S/C12H23N2O3P/c1-6-12(4,5)8-16-7-11(15)13-14-17-9(2)10(3)18/h14H,2-3,6-8,18H2,1,4-5H3,(H,13,15). The molecule has 0 aromatic rings. The van der Waals surface area contributed by atoms with Gasteiger partial charge in [0, 0.05) is 5.31 Å². The lowest BCUT2D eigenvalue weighted by Crippen LogP contribution is -2.39. The molecule has 0 fully saturated rings. The second-order valence-electron chi connectivity index (χ2n) is 4.71.